The minimum Gasteiger partial charge on any atom is -0.493 e. The van der Waals surface area contributed by atoms with E-state index in [1.807, 2.05) is 6.92 Å². The summed E-state index contributed by atoms with van der Waals surface area (Å²) < 4.78 is 38.9. The number of hydrogen-bond donors (Lipinski definition) is 1. The number of carbonyl (C=O) groups is 2. The molecule has 0 aromatic heterocycles. The van der Waals surface area contributed by atoms with Crippen LogP contribution in [0.1, 0.15) is 18.4 Å². The molecular weight excluding hydrogens is 530 g/mol. The topological polar surface area (TPSA) is 105 Å². The second-order valence-electron chi connectivity index (χ2n) is 8.70. The molecule has 0 aliphatic carbocycles. The second kappa shape index (κ2) is 11.3. The van der Waals surface area contributed by atoms with Crippen molar-refractivity contribution in [3.63, 3.8) is 0 Å². The molecular formula is C27H28ClN3O6S. The zero-order valence-electron chi connectivity index (χ0n) is 21.2. The molecule has 0 radical (unpaired) electrons. The van der Waals surface area contributed by atoms with Crippen molar-refractivity contribution in [3.05, 3.63) is 71.2 Å². The highest BCUT2D eigenvalue weighted by Gasteiger charge is 2.29. The van der Waals surface area contributed by atoms with Crippen LogP contribution in [0.2, 0.25) is 5.02 Å². The summed E-state index contributed by atoms with van der Waals surface area (Å²) in [5.74, 6) is 0.134. The Morgan fingerprint density at radius 3 is 2.34 bits per heavy atom. The number of methoxy groups -OCH3 is 2. The van der Waals surface area contributed by atoms with Gasteiger partial charge >= 0.3 is 0 Å². The van der Waals surface area contributed by atoms with Crippen LogP contribution in [0.4, 0.5) is 17.1 Å². The van der Waals surface area contributed by atoms with Gasteiger partial charge in [0, 0.05) is 35.4 Å². The van der Waals surface area contributed by atoms with E-state index in [9.17, 15) is 18.0 Å². The molecule has 2 amide bonds. The van der Waals surface area contributed by atoms with Crippen LogP contribution < -0.4 is 24.0 Å². The van der Waals surface area contributed by atoms with Gasteiger partial charge < -0.3 is 19.7 Å². The molecule has 0 saturated carbocycles. The summed E-state index contributed by atoms with van der Waals surface area (Å²) >= 11 is 6.02. The van der Waals surface area contributed by atoms with E-state index in [1.54, 1.807) is 35.2 Å². The Bertz CT molecular complexity index is 1460. The smallest absolute Gasteiger partial charge is 0.264 e. The third-order valence-corrected chi connectivity index (χ3v) is 8.21. The van der Waals surface area contributed by atoms with Gasteiger partial charge in [-0.1, -0.05) is 11.6 Å². The van der Waals surface area contributed by atoms with Crippen LogP contribution in [0.5, 0.6) is 11.5 Å². The standard InChI is InChI=1S/C27H28ClN3O6S/c1-18-15-20(8-12-23(18)30-14-4-5-27(30)33)29-26(32)17-31(21-9-6-19(28)7-10-21)38(34,35)22-11-13-24(36-2)25(16-22)37-3/h6-13,15-16H,4-5,14,17H2,1-3H3,(H,29,32). The van der Waals surface area contributed by atoms with Gasteiger partial charge in [-0.3, -0.25) is 13.9 Å². The number of nitrogens with one attached hydrogen (secondary N) is 1. The molecule has 4 rings (SSSR count). The summed E-state index contributed by atoms with van der Waals surface area (Å²) in [5, 5.41) is 3.19. The Labute approximate surface area is 227 Å². The van der Waals surface area contributed by atoms with Crippen LogP contribution in [0.15, 0.2) is 65.6 Å². The Kier molecular flexibility index (Phi) is 8.13. The molecule has 9 nitrogen and oxygen atoms in total. The lowest BCUT2D eigenvalue weighted by Gasteiger charge is -2.25. The quantitative estimate of drug-likeness (QED) is 0.411. The molecule has 200 valence electrons. The lowest BCUT2D eigenvalue weighted by molar-refractivity contribution is -0.117. The minimum atomic E-state index is -4.19. The maximum absolute atomic E-state index is 13.7. The van der Waals surface area contributed by atoms with Gasteiger partial charge in [0.2, 0.25) is 11.8 Å². The number of hydrogen-bond acceptors (Lipinski definition) is 6. The van der Waals surface area contributed by atoms with E-state index in [4.69, 9.17) is 21.1 Å². The van der Waals surface area contributed by atoms with Gasteiger partial charge in [0.05, 0.1) is 24.8 Å². The van der Waals surface area contributed by atoms with E-state index < -0.39 is 22.5 Å². The molecule has 1 heterocycles. The Hall–Kier alpha value is -3.76. The van der Waals surface area contributed by atoms with Crippen LogP contribution >= 0.6 is 11.6 Å². The summed E-state index contributed by atoms with van der Waals surface area (Å²) in [4.78, 5) is 26.9. The summed E-state index contributed by atoms with van der Waals surface area (Å²) in [6, 6.07) is 15.6. The van der Waals surface area contributed by atoms with Crippen molar-refractivity contribution in [2.24, 2.45) is 0 Å². The van der Waals surface area contributed by atoms with Crippen molar-refractivity contribution in [2.45, 2.75) is 24.7 Å². The van der Waals surface area contributed by atoms with Gasteiger partial charge in [0.15, 0.2) is 11.5 Å². The molecule has 3 aromatic rings. The van der Waals surface area contributed by atoms with Crippen molar-refractivity contribution >= 4 is 50.5 Å². The van der Waals surface area contributed by atoms with E-state index in [1.165, 1.54) is 44.6 Å². The number of amides is 2. The fourth-order valence-electron chi connectivity index (χ4n) is 4.30. The first kappa shape index (κ1) is 27.3. The van der Waals surface area contributed by atoms with Crippen LogP contribution in [0, 0.1) is 6.92 Å². The summed E-state index contributed by atoms with van der Waals surface area (Å²) in [5.41, 5.74) is 2.37. The minimum absolute atomic E-state index is 0.0730. The van der Waals surface area contributed by atoms with Gasteiger partial charge in [-0.05, 0) is 73.5 Å². The third-order valence-electron chi connectivity index (χ3n) is 6.19. The predicted octanol–water partition coefficient (Wildman–Crippen LogP) is 4.63. The lowest BCUT2D eigenvalue weighted by Crippen LogP contribution is -2.38. The molecule has 1 saturated heterocycles. The number of aryl methyl sites for hydroxylation is 1. The lowest BCUT2D eigenvalue weighted by atomic mass is 10.1. The fourth-order valence-corrected chi connectivity index (χ4v) is 5.86. The summed E-state index contributed by atoms with van der Waals surface area (Å²) in [6.07, 6.45) is 1.33. The molecule has 1 N–H and O–H groups in total. The van der Waals surface area contributed by atoms with Crippen LogP contribution in [-0.2, 0) is 19.6 Å². The van der Waals surface area contributed by atoms with Gasteiger partial charge in [0.1, 0.15) is 6.54 Å². The molecule has 0 unspecified atom stereocenters. The summed E-state index contributed by atoms with van der Waals surface area (Å²) in [7, 11) is -1.33. The molecule has 1 fully saturated rings. The molecule has 38 heavy (non-hydrogen) atoms. The average Bonchev–Trinajstić information content (AvgIpc) is 3.32. The molecule has 1 aliphatic rings. The van der Waals surface area contributed by atoms with Crippen molar-refractivity contribution in [1.82, 2.24) is 0 Å². The summed E-state index contributed by atoms with van der Waals surface area (Å²) in [6.45, 7) is 2.03. The Morgan fingerprint density at radius 1 is 1.03 bits per heavy atom. The Balaban J connectivity index is 1.61. The molecule has 3 aromatic carbocycles. The van der Waals surface area contributed by atoms with Gasteiger partial charge in [-0.15, -0.1) is 0 Å². The molecule has 0 bridgehead atoms. The highest BCUT2D eigenvalue weighted by atomic mass is 35.5. The average molecular weight is 558 g/mol. The fraction of sp³-hybridized carbons (Fsp3) is 0.259. The van der Waals surface area contributed by atoms with Gasteiger partial charge in [-0.25, -0.2) is 8.42 Å². The number of rotatable bonds is 9. The highest BCUT2D eigenvalue weighted by Crippen LogP contribution is 2.33. The maximum Gasteiger partial charge on any atom is 0.264 e. The largest absolute Gasteiger partial charge is 0.493 e. The van der Waals surface area contributed by atoms with Crippen LogP contribution in [-0.4, -0.2) is 47.5 Å². The van der Waals surface area contributed by atoms with Gasteiger partial charge in [-0.2, -0.15) is 0 Å². The van der Waals surface area contributed by atoms with E-state index in [0.717, 1.165) is 22.0 Å². The van der Waals surface area contributed by atoms with Crippen LogP contribution in [0.25, 0.3) is 0 Å². The Morgan fingerprint density at radius 2 is 1.74 bits per heavy atom. The number of benzene rings is 3. The number of carbonyl (C=O) groups excluding carboxylic acids is 2. The highest BCUT2D eigenvalue weighted by molar-refractivity contribution is 7.92. The molecule has 0 spiro atoms. The molecule has 11 heteroatoms. The first-order valence-corrected chi connectivity index (χ1v) is 13.7. The van der Waals surface area contributed by atoms with E-state index >= 15 is 0 Å². The number of ether oxygens (including phenoxy) is 2. The molecule has 1 aliphatic heterocycles. The normalized spacial score (nSPS) is 13.4. The van der Waals surface area contributed by atoms with E-state index in [0.29, 0.717) is 29.4 Å². The number of halogens is 1. The van der Waals surface area contributed by atoms with Crippen molar-refractivity contribution in [3.8, 4) is 11.5 Å². The second-order valence-corrected chi connectivity index (χ2v) is 11.0. The molecule has 0 atom stereocenters. The van der Waals surface area contributed by atoms with E-state index in [2.05, 4.69) is 5.32 Å². The predicted molar refractivity (Wildman–Crippen MR) is 147 cm³/mol. The van der Waals surface area contributed by atoms with Crippen LogP contribution in [0.3, 0.4) is 0 Å². The number of sulfonamides is 1. The zero-order valence-corrected chi connectivity index (χ0v) is 22.8. The SMILES string of the molecule is COc1ccc(S(=O)(=O)N(CC(=O)Nc2ccc(N3CCCC3=O)c(C)c2)c2ccc(Cl)cc2)cc1OC. The van der Waals surface area contributed by atoms with Crippen molar-refractivity contribution < 1.29 is 27.5 Å². The third kappa shape index (κ3) is 5.71. The van der Waals surface area contributed by atoms with Gasteiger partial charge in [0.25, 0.3) is 10.0 Å². The first-order valence-electron chi connectivity index (χ1n) is 11.8. The monoisotopic (exact) mass is 557 g/mol. The maximum atomic E-state index is 13.7. The zero-order chi connectivity index (χ0) is 27.4. The van der Waals surface area contributed by atoms with Crippen molar-refractivity contribution in [2.75, 3.05) is 41.8 Å². The first-order chi connectivity index (χ1) is 18.1. The number of anilines is 3. The van der Waals surface area contributed by atoms with Crippen molar-refractivity contribution in [1.29, 1.82) is 0 Å². The van der Waals surface area contributed by atoms with E-state index in [-0.39, 0.29) is 22.2 Å². The number of nitrogens with zero attached hydrogens (tertiary/aromatic N) is 2.